The summed E-state index contributed by atoms with van der Waals surface area (Å²) in [6.07, 6.45) is 3.43. The molecule has 1 fully saturated rings. The number of rotatable bonds is 8. The number of H-pyrrole nitrogens is 1. The highest BCUT2D eigenvalue weighted by atomic mass is 35.5. The summed E-state index contributed by atoms with van der Waals surface area (Å²) in [5, 5.41) is 22.2. The van der Waals surface area contributed by atoms with Gasteiger partial charge in [0.1, 0.15) is 17.7 Å². The van der Waals surface area contributed by atoms with Crippen LogP contribution in [-0.2, 0) is 12.1 Å². The third kappa shape index (κ3) is 7.05. The van der Waals surface area contributed by atoms with E-state index in [9.17, 15) is 9.18 Å². The highest BCUT2D eigenvalue weighted by Gasteiger charge is 2.26. The average molecular weight is 629 g/mol. The van der Waals surface area contributed by atoms with E-state index in [0.29, 0.717) is 39.9 Å². The molecule has 6 rings (SSSR count). The zero-order chi connectivity index (χ0) is 31.6. The van der Waals surface area contributed by atoms with Crippen molar-refractivity contribution in [3.8, 4) is 28.4 Å². The van der Waals surface area contributed by atoms with Crippen LogP contribution in [0.15, 0.2) is 72.9 Å². The Kier molecular flexibility index (Phi) is 8.64. The van der Waals surface area contributed by atoms with Crippen molar-refractivity contribution in [2.75, 3.05) is 18.4 Å². The van der Waals surface area contributed by atoms with Gasteiger partial charge in [0.05, 0.1) is 23.0 Å². The number of anilines is 1. The highest BCUT2D eigenvalue weighted by Crippen LogP contribution is 2.31. The zero-order valence-electron chi connectivity index (χ0n) is 25.3. The molecule has 45 heavy (non-hydrogen) atoms. The molecule has 1 saturated heterocycles. The molecule has 0 unspecified atom stereocenters. The number of halogens is 2. The fourth-order valence-electron chi connectivity index (χ4n) is 5.47. The van der Waals surface area contributed by atoms with Gasteiger partial charge in [0.2, 0.25) is 5.82 Å². The lowest BCUT2D eigenvalue weighted by atomic mass is 10.0. The zero-order valence-corrected chi connectivity index (χ0v) is 26.1. The molecule has 3 heterocycles. The second-order valence-electron chi connectivity index (χ2n) is 12.1. The van der Waals surface area contributed by atoms with E-state index in [0.717, 1.165) is 42.8 Å². The van der Waals surface area contributed by atoms with Crippen molar-refractivity contribution >= 4 is 23.2 Å². The summed E-state index contributed by atoms with van der Waals surface area (Å²) >= 11 is 6.60. The number of likely N-dealkylation sites (tertiary alicyclic amines) is 1. The van der Waals surface area contributed by atoms with Gasteiger partial charge in [-0.3, -0.25) is 14.4 Å². The molecule has 2 N–H and O–H groups in total. The van der Waals surface area contributed by atoms with Crippen LogP contribution in [0.25, 0.3) is 22.6 Å². The van der Waals surface area contributed by atoms with Gasteiger partial charge in [0.25, 0.3) is 5.91 Å². The number of benzene rings is 3. The van der Waals surface area contributed by atoms with Crippen molar-refractivity contribution in [2.24, 2.45) is 0 Å². The predicted octanol–water partition coefficient (Wildman–Crippen LogP) is 6.57. The van der Waals surface area contributed by atoms with Crippen LogP contribution < -0.4 is 10.1 Å². The summed E-state index contributed by atoms with van der Waals surface area (Å²) in [7, 11) is 0. The van der Waals surface area contributed by atoms with Gasteiger partial charge in [-0.1, -0.05) is 11.6 Å². The molecule has 3 aromatic carbocycles. The molecule has 0 aliphatic carbocycles. The molecule has 10 nitrogen and oxygen atoms in total. The van der Waals surface area contributed by atoms with E-state index in [1.54, 1.807) is 35.1 Å². The Hall–Kier alpha value is -4.61. The van der Waals surface area contributed by atoms with Crippen molar-refractivity contribution in [1.29, 1.82) is 0 Å². The topological polar surface area (TPSA) is 114 Å². The largest absolute Gasteiger partial charge is 0.490 e. The van der Waals surface area contributed by atoms with Crippen molar-refractivity contribution in [3.63, 3.8) is 0 Å². The first-order valence-corrected chi connectivity index (χ1v) is 15.2. The van der Waals surface area contributed by atoms with Gasteiger partial charge >= 0.3 is 0 Å². The second-order valence-corrected chi connectivity index (χ2v) is 12.5. The molecule has 1 aliphatic heterocycles. The van der Waals surface area contributed by atoms with Crippen LogP contribution in [0.4, 0.5) is 10.1 Å². The molecule has 232 valence electrons. The van der Waals surface area contributed by atoms with Gasteiger partial charge in [-0.15, -0.1) is 10.2 Å². The molecule has 0 spiro atoms. The standard InChI is InChI=1S/C33H34ClFN8O2/c1-33(2,3)43-30(21-4-8-24(35)9-5-21)28(19-36-43)32(44)37-25-10-13-29(34)23(18-25)20-42-16-14-27(15-17-42)45-26-11-6-22(7-12-26)31-38-40-41-39-31/h4-13,18-19,27H,14-17,20H2,1-3H3,(H,37,44)(H,38,39,40,41). The Bertz CT molecular complexity index is 1760. The van der Waals surface area contributed by atoms with Crippen LogP contribution in [0.3, 0.4) is 0 Å². The van der Waals surface area contributed by atoms with Gasteiger partial charge in [-0.25, -0.2) is 4.39 Å². The van der Waals surface area contributed by atoms with Gasteiger partial charge in [-0.05, 0) is 111 Å². The first-order chi connectivity index (χ1) is 21.6. The van der Waals surface area contributed by atoms with Crippen molar-refractivity contribution < 1.29 is 13.9 Å². The SMILES string of the molecule is CC(C)(C)n1ncc(C(=O)Nc2ccc(Cl)c(CN3CCC(Oc4ccc(-c5nn[nH]n5)cc4)CC3)c2)c1-c1ccc(F)cc1. The van der Waals surface area contributed by atoms with Gasteiger partial charge in [0.15, 0.2) is 0 Å². The van der Waals surface area contributed by atoms with E-state index in [1.165, 1.54) is 12.1 Å². The van der Waals surface area contributed by atoms with E-state index < -0.39 is 5.54 Å². The lowest BCUT2D eigenvalue weighted by Gasteiger charge is -2.32. The number of aromatic amines is 1. The fraction of sp³-hybridized carbons (Fsp3) is 0.303. The maximum Gasteiger partial charge on any atom is 0.259 e. The Morgan fingerprint density at radius 1 is 1.04 bits per heavy atom. The first-order valence-electron chi connectivity index (χ1n) is 14.8. The van der Waals surface area contributed by atoms with Gasteiger partial charge in [-0.2, -0.15) is 10.3 Å². The number of tetrazole rings is 1. The normalized spacial score (nSPS) is 14.4. The molecule has 12 heteroatoms. The van der Waals surface area contributed by atoms with E-state index in [4.69, 9.17) is 16.3 Å². The second kappa shape index (κ2) is 12.8. The Balaban J connectivity index is 1.09. The number of amides is 1. The molecule has 1 amide bonds. The van der Waals surface area contributed by atoms with E-state index in [1.807, 2.05) is 51.1 Å². The maximum atomic E-state index is 13.7. The molecular formula is C33H34ClFN8O2. The lowest BCUT2D eigenvalue weighted by Crippen LogP contribution is -2.37. The number of nitrogens with one attached hydrogen (secondary N) is 2. The number of carbonyl (C=O) groups is 1. The number of piperidine rings is 1. The van der Waals surface area contributed by atoms with Gasteiger partial charge < -0.3 is 10.1 Å². The fourth-order valence-corrected chi connectivity index (χ4v) is 5.64. The minimum Gasteiger partial charge on any atom is -0.490 e. The van der Waals surface area contributed by atoms with Crippen molar-refractivity contribution in [1.82, 2.24) is 35.3 Å². The predicted molar refractivity (Wildman–Crippen MR) is 171 cm³/mol. The van der Waals surface area contributed by atoms with E-state index in [2.05, 4.69) is 35.9 Å². The van der Waals surface area contributed by atoms with Crippen molar-refractivity contribution in [3.05, 3.63) is 94.9 Å². The van der Waals surface area contributed by atoms with Crippen LogP contribution in [-0.4, -0.2) is 60.4 Å². The molecule has 5 aromatic rings. The molecular weight excluding hydrogens is 595 g/mol. The minimum absolute atomic E-state index is 0.114. The number of carbonyl (C=O) groups excluding carboxylic acids is 1. The molecule has 0 bridgehead atoms. The summed E-state index contributed by atoms with van der Waals surface area (Å²) in [6.45, 7) is 8.37. The summed E-state index contributed by atoms with van der Waals surface area (Å²) in [6, 6.07) is 19.3. The minimum atomic E-state index is -0.394. The molecule has 0 saturated carbocycles. The smallest absolute Gasteiger partial charge is 0.259 e. The summed E-state index contributed by atoms with van der Waals surface area (Å²) in [5.41, 5.74) is 3.77. The maximum absolute atomic E-state index is 13.7. The van der Waals surface area contributed by atoms with Crippen LogP contribution >= 0.6 is 11.6 Å². The average Bonchev–Trinajstić information content (AvgIpc) is 3.72. The quantitative estimate of drug-likeness (QED) is 0.200. The Morgan fingerprint density at radius 2 is 1.76 bits per heavy atom. The Labute approximate surface area is 265 Å². The summed E-state index contributed by atoms with van der Waals surface area (Å²) < 4.78 is 21.7. The van der Waals surface area contributed by atoms with Crippen molar-refractivity contribution in [2.45, 2.75) is 51.8 Å². The third-order valence-electron chi connectivity index (χ3n) is 7.76. The van der Waals surface area contributed by atoms with E-state index >= 15 is 0 Å². The summed E-state index contributed by atoms with van der Waals surface area (Å²) in [4.78, 5) is 15.9. The monoisotopic (exact) mass is 628 g/mol. The molecule has 0 radical (unpaired) electrons. The number of hydrogen-bond acceptors (Lipinski definition) is 7. The first kappa shape index (κ1) is 30.4. The number of hydrogen-bond donors (Lipinski definition) is 2. The molecule has 1 aliphatic rings. The Morgan fingerprint density at radius 3 is 2.42 bits per heavy atom. The molecule has 2 aromatic heterocycles. The number of aromatic nitrogens is 6. The lowest BCUT2D eigenvalue weighted by molar-refractivity contribution is 0.0968. The van der Waals surface area contributed by atoms with E-state index in [-0.39, 0.29) is 17.8 Å². The summed E-state index contributed by atoms with van der Waals surface area (Å²) in [5.74, 6) is 0.706. The third-order valence-corrected chi connectivity index (χ3v) is 8.13. The number of ether oxygens (including phenoxy) is 1. The van der Waals surface area contributed by atoms with Crippen LogP contribution in [0.5, 0.6) is 5.75 Å². The van der Waals surface area contributed by atoms with Crippen LogP contribution in [0, 0.1) is 5.82 Å². The van der Waals surface area contributed by atoms with Crippen LogP contribution in [0.2, 0.25) is 5.02 Å². The highest BCUT2D eigenvalue weighted by molar-refractivity contribution is 6.31. The number of nitrogens with zero attached hydrogens (tertiary/aromatic N) is 6. The van der Waals surface area contributed by atoms with Crippen LogP contribution in [0.1, 0.15) is 49.5 Å². The molecule has 0 atom stereocenters. The van der Waals surface area contributed by atoms with Gasteiger partial charge in [0, 0.05) is 41.5 Å².